The lowest BCUT2D eigenvalue weighted by molar-refractivity contribution is -0.132. The number of benzene rings is 3. The fourth-order valence-corrected chi connectivity index (χ4v) is 4.03. The van der Waals surface area contributed by atoms with Crippen LogP contribution in [0.2, 0.25) is 5.02 Å². The maximum atomic E-state index is 13.2. The van der Waals surface area contributed by atoms with Gasteiger partial charge >= 0.3 is 0 Å². The molecule has 1 N–H and O–H groups in total. The topological polar surface area (TPSA) is 90.6 Å². The van der Waals surface area contributed by atoms with E-state index >= 15 is 0 Å². The van der Waals surface area contributed by atoms with E-state index in [0.29, 0.717) is 33.1 Å². The SMILES string of the molecule is CC(C)Oc1cccc(C2/C(=C(/O)c3ccc(Cl)cc3)C(=O)C(=O)N2c2ccc(C#N)cc2)c1. The van der Waals surface area contributed by atoms with Gasteiger partial charge in [-0.3, -0.25) is 14.5 Å². The van der Waals surface area contributed by atoms with Crippen LogP contribution in [-0.4, -0.2) is 22.9 Å². The highest BCUT2D eigenvalue weighted by molar-refractivity contribution is 6.51. The van der Waals surface area contributed by atoms with Crippen molar-refractivity contribution in [3.63, 3.8) is 0 Å². The van der Waals surface area contributed by atoms with Crippen molar-refractivity contribution in [3.05, 3.63) is 100 Å². The quantitative estimate of drug-likeness (QED) is 0.295. The number of anilines is 1. The third-order valence-electron chi connectivity index (χ3n) is 5.38. The van der Waals surface area contributed by atoms with Crippen LogP contribution in [0.3, 0.4) is 0 Å². The molecule has 4 rings (SSSR count). The fraction of sp³-hybridized carbons (Fsp3) is 0.148. The van der Waals surface area contributed by atoms with Crippen molar-refractivity contribution in [1.82, 2.24) is 0 Å². The molecule has 1 fully saturated rings. The van der Waals surface area contributed by atoms with Crippen LogP contribution in [0.1, 0.15) is 36.6 Å². The zero-order valence-electron chi connectivity index (χ0n) is 18.5. The van der Waals surface area contributed by atoms with Crippen LogP contribution in [0.4, 0.5) is 5.69 Å². The Hall–Kier alpha value is -4.08. The molecule has 1 atom stereocenters. The van der Waals surface area contributed by atoms with Crippen LogP contribution in [0, 0.1) is 11.3 Å². The average Bonchev–Trinajstić information content (AvgIpc) is 3.09. The van der Waals surface area contributed by atoms with E-state index in [1.165, 1.54) is 4.90 Å². The summed E-state index contributed by atoms with van der Waals surface area (Å²) in [6.07, 6.45) is -0.0748. The minimum absolute atomic E-state index is 0.0432. The van der Waals surface area contributed by atoms with E-state index in [-0.39, 0.29) is 17.4 Å². The number of amides is 1. The van der Waals surface area contributed by atoms with Crippen molar-refractivity contribution in [2.24, 2.45) is 0 Å². The van der Waals surface area contributed by atoms with Crippen molar-refractivity contribution in [2.75, 3.05) is 4.90 Å². The number of halogens is 1. The number of carbonyl (C=O) groups excluding carboxylic acids is 2. The number of nitrogens with zero attached hydrogens (tertiary/aromatic N) is 2. The van der Waals surface area contributed by atoms with Crippen molar-refractivity contribution < 1.29 is 19.4 Å². The standard InChI is InChI=1S/C27H21ClN2O4/c1-16(2)34-22-5-3-4-19(14-22)24-23(25(31)18-8-10-20(28)11-9-18)26(32)27(33)30(24)21-12-6-17(15-29)7-13-21/h3-14,16,24,31H,1-2H3/b25-23-. The van der Waals surface area contributed by atoms with Gasteiger partial charge in [-0.15, -0.1) is 0 Å². The highest BCUT2D eigenvalue weighted by atomic mass is 35.5. The molecule has 0 aromatic heterocycles. The molecule has 1 aliphatic heterocycles. The number of aliphatic hydroxyl groups is 1. The third-order valence-corrected chi connectivity index (χ3v) is 5.63. The van der Waals surface area contributed by atoms with Gasteiger partial charge < -0.3 is 9.84 Å². The molecule has 0 bridgehead atoms. The second kappa shape index (κ2) is 9.42. The van der Waals surface area contributed by atoms with Crippen LogP contribution in [0.15, 0.2) is 78.4 Å². The summed E-state index contributed by atoms with van der Waals surface area (Å²) in [6, 6.07) is 20.9. The van der Waals surface area contributed by atoms with Crippen LogP contribution < -0.4 is 9.64 Å². The summed E-state index contributed by atoms with van der Waals surface area (Å²) >= 11 is 5.98. The average molecular weight is 473 g/mol. The number of ketones is 1. The Morgan fingerprint density at radius 2 is 1.74 bits per heavy atom. The van der Waals surface area contributed by atoms with Gasteiger partial charge in [0.15, 0.2) is 0 Å². The van der Waals surface area contributed by atoms with E-state index in [9.17, 15) is 14.7 Å². The van der Waals surface area contributed by atoms with E-state index in [2.05, 4.69) is 0 Å². The number of hydrogen-bond acceptors (Lipinski definition) is 5. The Morgan fingerprint density at radius 3 is 2.35 bits per heavy atom. The van der Waals surface area contributed by atoms with E-state index in [4.69, 9.17) is 21.6 Å². The van der Waals surface area contributed by atoms with Gasteiger partial charge in [0.25, 0.3) is 11.7 Å². The molecule has 1 heterocycles. The molecular formula is C27H21ClN2O4. The van der Waals surface area contributed by atoms with Gasteiger partial charge in [-0.25, -0.2) is 0 Å². The minimum Gasteiger partial charge on any atom is -0.507 e. The number of hydrogen-bond donors (Lipinski definition) is 1. The monoisotopic (exact) mass is 472 g/mol. The van der Waals surface area contributed by atoms with Gasteiger partial charge in [0.1, 0.15) is 11.5 Å². The van der Waals surface area contributed by atoms with Crippen LogP contribution in [0.25, 0.3) is 5.76 Å². The number of aliphatic hydroxyl groups excluding tert-OH is 1. The molecule has 0 radical (unpaired) electrons. The van der Waals surface area contributed by atoms with Gasteiger partial charge in [-0.2, -0.15) is 5.26 Å². The first-order valence-corrected chi connectivity index (χ1v) is 11.0. The highest BCUT2D eigenvalue weighted by Gasteiger charge is 2.47. The fourth-order valence-electron chi connectivity index (χ4n) is 3.90. The van der Waals surface area contributed by atoms with Gasteiger partial charge in [0, 0.05) is 16.3 Å². The summed E-state index contributed by atoms with van der Waals surface area (Å²) in [6.45, 7) is 3.80. The summed E-state index contributed by atoms with van der Waals surface area (Å²) in [5.41, 5.74) is 1.76. The predicted octanol–water partition coefficient (Wildman–Crippen LogP) is 5.63. The van der Waals surface area contributed by atoms with Crippen molar-refractivity contribution in [2.45, 2.75) is 26.0 Å². The smallest absolute Gasteiger partial charge is 0.300 e. The van der Waals surface area contributed by atoms with Gasteiger partial charge in [-0.1, -0.05) is 23.7 Å². The second-order valence-corrected chi connectivity index (χ2v) is 8.51. The number of carbonyl (C=O) groups is 2. The predicted molar refractivity (Wildman–Crippen MR) is 130 cm³/mol. The third kappa shape index (κ3) is 4.39. The van der Waals surface area contributed by atoms with E-state index in [1.807, 2.05) is 19.9 Å². The molecule has 34 heavy (non-hydrogen) atoms. The van der Waals surface area contributed by atoms with E-state index in [1.54, 1.807) is 72.8 Å². The second-order valence-electron chi connectivity index (χ2n) is 8.07. The molecule has 170 valence electrons. The minimum atomic E-state index is -0.903. The van der Waals surface area contributed by atoms with Crippen LogP contribution >= 0.6 is 11.6 Å². The number of ether oxygens (including phenoxy) is 1. The van der Waals surface area contributed by atoms with E-state index in [0.717, 1.165) is 0 Å². The normalized spacial score (nSPS) is 17.1. The first kappa shape index (κ1) is 23.1. The Morgan fingerprint density at radius 1 is 1.06 bits per heavy atom. The lowest BCUT2D eigenvalue weighted by atomic mass is 9.95. The molecular weight excluding hydrogens is 452 g/mol. The molecule has 1 aliphatic rings. The lowest BCUT2D eigenvalue weighted by Gasteiger charge is -2.26. The molecule has 1 saturated heterocycles. The van der Waals surface area contributed by atoms with Gasteiger partial charge in [0.2, 0.25) is 0 Å². The zero-order valence-corrected chi connectivity index (χ0v) is 19.3. The van der Waals surface area contributed by atoms with Crippen LogP contribution in [-0.2, 0) is 9.59 Å². The van der Waals surface area contributed by atoms with Crippen molar-refractivity contribution in [3.8, 4) is 11.8 Å². The Balaban J connectivity index is 1.92. The number of rotatable bonds is 5. The van der Waals surface area contributed by atoms with Gasteiger partial charge in [0.05, 0.1) is 29.4 Å². The summed E-state index contributed by atoms with van der Waals surface area (Å²) in [5.74, 6) is -1.31. The summed E-state index contributed by atoms with van der Waals surface area (Å²) in [5, 5.41) is 20.8. The number of nitriles is 1. The van der Waals surface area contributed by atoms with Crippen molar-refractivity contribution >= 4 is 34.7 Å². The first-order chi connectivity index (χ1) is 16.3. The lowest BCUT2D eigenvalue weighted by Crippen LogP contribution is -2.29. The largest absolute Gasteiger partial charge is 0.507 e. The molecule has 3 aromatic rings. The molecule has 1 amide bonds. The maximum Gasteiger partial charge on any atom is 0.300 e. The van der Waals surface area contributed by atoms with E-state index < -0.39 is 17.7 Å². The molecule has 6 nitrogen and oxygen atoms in total. The summed E-state index contributed by atoms with van der Waals surface area (Å²) in [4.78, 5) is 27.8. The molecule has 3 aromatic carbocycles. The Kier molecular flexibility index (Phi) is 6.40. The molecule has 0 spiro atoms. The van der Waals surface area contributed by atoms with Gasteiger partial charge in [-0.05, 0) is 80.1 Å². The maximum absolute atomic E-state index is 13.2. The van der Waals surface area contributed by atoms with Crippen molar-refractivity contribution in [1.29, 1.82) is 5.26 Å². The summed E-state index contributed by atoms with van der Waals surface area (Å²) < 4.78 is 5.82. The van der Waals surface area contributed by atoms with Crippen LogP contribution in [0.5, 0.6) is 5.75 Å². The number of Topliss-reactive ketones (excluding diaryl/α,β-unsaturated/α-hetero) is 1. The Bertz CT molecular complexity index is 1320. The highest BCUT2D eigenvalue weighted by Crippen LogP contribution is 2.43. The Labute approximate surface area is 202 Å². The zero-order chi connectivity index (χ0) is 24.4. The molecule has 0 aliphatic carbocycles. The first-order valence-electron chi connectivity index (χ1n) is 10.6. The molecule has 7 heteroatoms. The molecule has 1 unspecified atom stereocenters. The summed E-state index contributed by atoms with van der Waals surface area (Å²) in [7, 11) is 0. The molecule has 0 saturated carbocycles.